The van der Waals surface area contributed by atoms with Crippen molar-refractivity contribution in [1.29, 1.82) is 5.26 Å². The summed E-state index contributed by atoms with van der Waals surface area (Å²) in [5.41, 5.74) is 1.31. The summed E-state index contributed by atoms with van der Waals surface area (Å²) < 4.78 is 5.74. The second kappa shape index (κ2) is 7.59. The SMILES string of the molecule is Cc1cc(Oc2ccc(Cl)cc2)ccc1NC(=O)C(C#N)C(=O)C1CC1. The third-order valence-electron chi connectivity index (χ3n) is 4.16. The molecule has 26 heavy (non-hydrogen) atoms. The van der Waals surface area contributed by atoms with Gasteiger partial charge in [-0.15, -0.1) is 0 Å². The molecule has 1 aliphatic rings. The van der Waals surface area contributed by atoms with Crippen molar-refractivity contribution in [2.24, 2.45) is 11.8 Å². The van der Waals surface area contributed by atoms with E-state index in [4.69, 9.17) is 21.6 Å². The molecule has 1 atom stereocenters. The Balaban J connectivity index is 1.69. The lowest BCUT2D eigenvalue weighted by Crippen LogP contribution is -2.29. The highest BCUT2D eigenvalue weighted by Gasteiger charge is 2.38. The lowest BCUT2D eigenvalue weighted by molar-refractivity contribution is -0.129. The second-order valence-corrected chi connectivity index (χ2v) is 6.70. The number of ether oxygens (including phenoxy) is 1. The maximum Gasteiger partial charge on any atom is 0.249 e. The highest BCUT2D eigenvalue weighted by atomic mass is 35.5. The van der Waals surface area contributed by atoms with E-state index < -0.39 is 11.8 Å². The van der Waals surface area contributed by atoms with Crippen LogP contribution in [0.15, 0.2) is 42.5 Å². The maximum atomic E-state index is 12.3. The van der Waals surface area contributed by atoms with Crippen molar-refractivity contribution in [3.8, 4) is 17.6 Å². The average Bonchev–Trinajstić information content (AvgIpc) is 3.45. The van der Waals surface area contributed by atoms with Crippen LogP contribution in [-0.4, -0.2) is 11.7 Å². The summed E-state index contributed by atoms with van der Waals surface area (Å²) in [6.07, 6.45) is 1.53. The van der Waals surface area contributed by atoms with Gasteiger partial charge in [0.25, 0.3) is 0 Å². The van der Waals surface area contributed by atoms with E-state index in [1.807, 2.05) is 13.0 Å². The van der Waals surface area contributed by atoms with Crippen LogP contribution in [0.4, 0.5) is 5.69 Å². The number of hydrogen-bond donors (Lipinski definition) is 1. The Kier molecular flexibility index (Phi) is 5.24. The molecule has 0 radical (unpaired) electrons. The van der Waals surface area contributed by atoms with Crippen LogP contribution in [0.2, 0.25) is 5.02 Å². The zero-order valence-electron chi connectivity index (χ0n) is 14.2. The molecule has 0 heterocycles. The number of hydrogen-bond acceptors (Lipinski definition) is 4. The number of anilines is 1. The largest absolute Gasteiger partial charge is 0.457 e. The summed E-state index contributed by atoms with van der Waals surface area (Å²) in [6.45, 7) is 1.81. The molecule has 1 unspecified atom stereocenters. The summed E-state index contributed by atoms with van der Waals surface area (Å²) in [6, 6.07) is 14.0. The van der Waals surface area contributed by atoms with Crippen molar-refractivity contribution in [3.63, 3.8) is 0 Å². The average molecular weight is 369 g/mol. The van der Waals surface area contributed by atoms with Gasteiger partial charge in [-0.25, -0.2) is 0 Å². The molecule has 1 N–H and O–H groups in total. The highest BCUT2D eigenvalue weighted by molar-refractivity contribution is 6.30. The molecule has 0 bridgehead atoms. The van der Waals surface area contributed by atoms with E-state index in [-0.39, 0.29) is 11.7 Å². The fourth-order valence-electron chi connectivity index (χ4n) is 2.54. The number of carbonyl (C=O) groups excluding carboxylic acids is 2. The van der Waals surface area contributed by atoms with Crippen molar-refractivity contribution in [2.75, 3.05) is 5.32 Å². The van der Waals surface area contributed by atoms with Crippen molar-refractivity contribution < 1.29 is 14.3 Å². The molecule has 0 aromatic heterocycles. The molecule has 6 heteroatoms. The van der Waals surface area contributed by atoms with Crippen molar-refractivity contribution in [2.45, 2.75) is 19.8 Å². The number of nitrogens with zero attached hydrogens (tertiary/aromatic N) is 1. The van der Waals surface area contributed by atoms with E-state index in [2.05, 4.69) is 5.32 Å². The molecule has 2 aromatic carbocycles. The van der Waals surface area contributed by atoms with E-state index in [1.54, 1.807) is 42.5 Å². The number of ketones is 1. The lowest BCUT2D eigenvalue weighted by atomic mass is 10.0. The summed E-state index contributed by atoms with van der Waals surface area (Å²) in [5.74, 6) is -1.02. The Morgan fingerprint density at radius 3 is 2.42 bits per heavy atom. The summed E-state index contributed by atoms with van der Waals surface area (Å²) in [7, 11) is 0. The van der Waals surface area contributed by atoms with Gasteiger partial charge in [-0.05, 0) is 67.8 Å². The number of nitrogens with one attached hydrogen (secondary N) is 1. The van der Waals surface area contributed by atoms with Gasteiger partial charge in [0.15, 0.2) is 11.7 Å². The Bertz CT molecular complexity index is 883. The van der Waals surface area contributed by atoms with E-state index >= 15 is 0 Å². The number of halogens is 1. The molecule has 1 saturated carbocycles. The monoisotopic (exact) mass is 368 g/mol. The van der Waals surface area contributed by atoms with Crippen LogP contribution in [0.1, 0.15) is 18.4 Å². The lowest BCUT2D eigenvalue weighted by Gasteiger charge is -2.13. The van der Waals surface area contributed by atoms with Gasteiger partial charge in [0, 0.05) is 16.6 Å². The zero-order valence-corrected chi connectivity index (χ0v) is 14.9. The quantitative estimate of drug-likeness (QED) is 0.761. The van der Waals surface area contributed by atoms with Gasteiger partial charge in [0.2, 0.25) is 5.91 Å². The summed E-state index contributed by atoms with van der Waals surface area (Å²) >= 11 is 5.85. The van der Waals surface area contributed by atoms with Gasteiger partial charge in [-0.1, -0.05) is 11.6 Å². The minimum atomic E-state index is -1.26. The van der Waals surface area contributed by atoms with Crippen LogP contribution < -0.4 is 10.1 Å². The zero-order chi connectivity index (χ0) is 18.7. The smallest absolute Gasteiger partial charge is 0.249 e. The molecule has 132 valence electrons. The number of Topliss-reactive ketones (excluding diaryl/α,β-unsaturated/α-hetero) is 1. The van der Waals surface area contributed by atoms with Crippen LogP contribution in [-0.2, 0) is 9.59 Å². The fourth-order valence-corrected chi connectivity index (χ4v) is 2.66. The number of benzene rings is 2. The molecule has 5 nitrogen and oxygen atoms in total. The Hall–Kier alpha value is -2.84. The van der Waals surface area contributed by atoms with E-state index in [0.29, 0.717) is 22.2 Å². The summed E-state index contributed by atoms with van der Waals surface area (Å²) in [4.78, 5) is 24.3. The molecule has 1 amide bonds. The van der Waals surface area contributed by atoms with Gasteiger partial charge in [0.1, 0.15) is 11.5 Å². The van der Waals surface area contributed by atoms with Crippen LogP contribution in [0.3, 0.4) is 0 Å². The van der Waals surface area contributed by atoms with E-state index in [9.17, 15) is 9.59 Å². The van der Waals surface area contributed by atoms with Crippen LogP contribution >= 0.6 is 11.6 Å². The third kappa shape index (κ3) is 4.22. The number of carbonyl (C=O) groups is 2. The molecule has 1 aliphatic carbocycles. The Labute approximate surface area is 156 Å². The Morgan fingerprint density at radius 2 is 1.85 bits per heavy atom. The maximum absolute atomic E-state index is 12.3. The number of amides is 1. The third-order valence-corrected chi connectivity index (χ3v) is 4.41. The molecular formula is C20H17ClN2O3. The van der Waals surface area contributed by atoms with Crippen LogP contribution in [0, 0.1) is 30.1 Å². The first kappa shape index (κ1) is 18.0. The fraction of sp³-hybridized carbons (Fsp3) is 0.250. The highest BCUT2D eigenvalue weighted by Crippen LogP contribution is 2.33. The van der Waals surface area contributed by atoms with Gasteiger partial charge < -0.3 is 10.1 Å². The van der Waals surface area contributed by atoms with Crippen molar-refractivity contribution in [1.82, 2.24) is 0 Å². The first-order valence-electron chi connectivity index (χ1n) is 8.26. The number of nitriles is 1. The predicted octanol–water partition coefficient (Wildman–Crippen LogP) is 4.50. The number of rotatable bonds is 6. The van der Waals surface area contributed by atoms with Gasteiger partial charge in [0.05, 0.1) is 6.07 Å². The van der Waals surface area contributed by atoms with Gasteiger partial charge in [-0.2, -0.15) is 5.26 Å². The van der Waals surface area contributed by atoms with Crippen molar-refractivity contribution >= 4 is 29.0 Å². The predicted molar refractivity (Wildman–Crippen MR) is 98.2 cm³/mol. The minimum Gasteiger partial charge on any atom is -0.457 e. The van der Waals surface area contributed by atoms with E-state index in [1.165, 1.54) is 0 Å². The Morgan fingerprint density at radius 1 is 1.19 bits per heavy atom. The minimum absolute atomic E-state index is 0.137. The molecular weight excluding hydrogens is 352 g/mol. The molecule has 3 rings (SSSR count). The number of aryl methyl sites for hydroxylation is 1. The standard InChI is InChI=1S/C20H17ClN2O3/c1-12-10-16(26-15-6-4-14(21)5-7-15)8-9-18(12)23-20(25)17(11-22)19(24)13-2-3-13/h4-10,13,17H,2-3H2,1H3,(H,23,25). The van der Waals surface area contributed by atoms with Gasteiger partial charge in [-0.3, -0.25) is 9.59 Å². The van der Waals surface area contributed by atoms with Gasteiger partial charge >= 0.3 is 0 Å². The van der Waals surface area contributed by atoms with E-state index in [0.717, 1.165) is 18.4 Å². The first-order chi connectivity index (χ1) is 12.5. The topological polar surface area (TPSA) is 79.2 Å². The molecule has 0 aliphatic heterocycles. The molecule has 2 aromatic rings. The van der Waals surface area contributed by atoms with Crippen LogP contribution in [0.25, 0.3) is 0 Å². The van der Waals surface area contributed by atoms with Crippen LogP contribution in [0.5, 0.6) is 11.5 Å². The summed E-state index contributed by atoms with van der Waals surface area (Å²) in [5, 5.41) is 12.4. The molecule has 1 fully saturated rings. The van der Waals surface area contributed by atoms with Crippen molar-refractivity contribution in [3.05, 3.63) is 53.1 Å². The normalized spacial score (nSPS) is 14.2. The molecule has 0 spiro atoms. The first-order valence-corrected chi connectivity index (χ1v) is 8.64. The molecule has 0 saturated heterocycles. The second-order valence-electron chi connectivity index (χ2n) is 6.26.